The van der Waals surface area contributed by atoms with Gasteiger partial charge in [-0.25, -0.2) is 0 Å². The molecule has 0 saturated heterocycles. The van der Waals surface area contributed by atoms with Gasteiger partial charge in [-0.05, 0) is 30.9 Å². The molecule has 100 valence electrons. The number of hydrogen-bond acceptors (Lipinski definition) is 5. The third-order valence-corrected chi connectivity index (χ3v) is 3.48. The van der Waals surface area contributed by atoms with E-state index in [4.69, 9.17) is 5.73 Å². The molecule has 3 N–H and O–H groups in total. The molecule has 1 unspecified atom stereocenters. The van der Waals surface area contributed by atoms with Crippen molar-refractivity contribution in [1.29, 1.82) is 0 Å². The zero-order valence-electron chi connectivity index (χ0n) is 10.7. The predicted octanol–water partition coefficient (Wildman–Crippen LogP) is 3.12. The summed E-state index contributed by atoms with van der Waals surface area (Å²) in [6.07, 6.45) is 1.04. The maximum absolute atomic E-state index is 10.6. The smallest absolute Gasteiger partial charge is 0.271 e. The molecule has 1 aromatic carbocycles. The van der Waals surface area contributed by atoms with E-state index < -0.39 is 4.92 Å². The molecular weight excluding hydrogens is 250 g/mol. The van der Waals surface area contributed by atoms with Gasteiger partial charge in [0.25, 0.3) is 5.69 Å². The third kappa shape index (κ3) is 4.44. The number of hydrogen-bond donors (Lipinski definition) is 2. The lowest BCUT2D eigenvalue weighted by Crippen LogP contribution is -2.17. The van der Waals surface area contributed by atoms with Crippen molar-refractivity contribution < 1.29 is 4.92 Å². The van der Waals surface area contributed by atoms with Crippen LogP contribution in [0.3, 0.4) is 0 Å². The zero-order chi connectivity index (χ0) is 13.5. The minimum absolute atomic E-state index is 0.0206. The number of benzene rings is 1. The van der Waals surface area contributed by atoms with Gasteiger partial charge in [0.15, 0.2) is 0 Å². The average Bonchev–Trinajstić information content (AvgIpc) is 2.32. The SMILES string of the molecule is CCSCCC(C)Nc1ccc([N+](=O)[O-])cc1N. The highest BCUT2D eigenvalue weighted by molar-refractivity contribution is 7.99. The Kier molecular flexibility index (Phi) is 5.77. The van der Waals surface area contributed by atoms with Crippen molar-refractivity contribution in [2.24, 2.45) is 0 Å². The van der Waals surface area contributed by atoms with Crippen molar-refractivity contribution in [2.45, 2.75) is 26.3 Å². The molecule has 1 aromatic rings. The van der Waals surface area contributed by atoms with Gasteiger partial charge in [0.1, 0.15) is 0 Å². The van der Waals surface area contributed by atoms with Gasteiger partial charge in [0.05, 0.1) is 16.3 Å². The highest BCUT2D eigenvalue weighted by Crippen LogP contribution is 2.25. The number of thioether (sulfide) groups is 1. The number of nitrogens with one attached hydrogen (secondary N) is 1. The maximum atomic E-state index is 10.6. The van der Waals surface area contributed by atoms with Crippen LogP contribution >= 0.6 is 11.8 Å². The summed E-state index contributed by atoms with van der Waals surface area (Å²) in [6, 6.07) is 4.81. The first-order chi connectivity index (χ1) is 8.54. The highest BCUT2D eigenvalue weighted by atomic mass is 32.2. The fourth-order valence-corrected chi connectivity index (χ4v) is 2.35. The first kappa shape index (κ1) is 14.6. The monoisotopic (exact) mass is 269 g/mol. The Morgan fingerprint density at radius 2 is 2.28 bits per heavy atom. The van der Waals surface area contributed by atoms with Crippen LogP contribution in [0.15, 0.2) is 18.2 Å². The number of nitrogens with two attached hydrogens (primary N) is 1. The fourth-order valence-electron chi connectivity index (χ4n) is 1.54. The van der Waals surface area contributed by atoms with Crippen LogP contribution in [-0.4, -0.2) is 22.5 Å². The molecule has 0 fully saturated rings. The van der Waals surface area contributed by atoms with E-state index in [-0.39, 0.29) is 5.69 Å². The Morgan fingerprint density at radius 1 is 1.56 bits per heavy atom. The average molecular weight is 269 g/mol. The normalized spacial score (nSPS) is 12.1. The van der Waals surface area contributed by atoms with E-state index >= 15 is 0 Å². The summed E-state index contributed by atoms with van der Waals surface area (Å²) in [5.74, 6) is 2.21. The molecule has 0 aliphatic heterocycles. The minimum atomic E-state index is -0.443. The Morgan fingerprint density at radius 3 is 2.83 bits per heavy atom. The first-order valence-electron chi connectivity index (χ1n) is 5.92. The van der Waals surface area contributed by atoms with Crippen LogP contribution in [0.4, 0.5) is 17.1 Å². The van der Waals surface area contributed by atoms with Crippen LogP contribution in [0.2, 0.25) is 0 Å². The lowest BCUT2D eigenvalue weighted by atomic mass is 10.2. The van der Waals surface area contributed by atoms with Crippen molar-refractivity contribution in [3.63, 3.8) is 0 Å². The highest BCUT2D eigenvalue weighted by Gasteiger charge is 2.10. The van der Waals surface area contributed by atoms with Crippen LogP contribution < -0.4 is 11.1 Å². The minimum Gasteiger partial charge on any atom is -0.397 e. The van der Waals surface area contributed by atoms with Crippen molar-refractivity contribution in [3.8, 4) is 0 Å². The van der Waals surface area contributed by atoms with Crippen LogP contribution in [-0.2, 0) is 0 Å². The number of nitro groups is 1. The number of nitrogen functional groups attached to an aromatic ring is 1. The van der Waals surface area contributed by atoms with Gasteiger partial charge in [-0.1, -0.05) is 6.92 Å². The maximum Gasteiger partial charge on any atom is 0.271 e. The lowest BCUT2D eigenvalue weighted by molar-refractivity contribution is -0.384. The molecule has 0 amide bonds. The number of non-ortho nitro benzene ring substituents is 1. The van der Waals surface area contributed by atoms with E-state index in [2.05, 4.69) is 19.2 Å². The van der Waals surface area contributed by atoms with Gasteiger partial charge in [0, 0.05) is 18.2 Å². The summed E-state index contributed by atoms with van der Waals surface area (Å²) < 4.78 is 0. The largest absolute Gasteiger partial charge is 0.397 e. The molecule has 5 nitrogen and oxygen atoms in total. The van der Waals surface area contributed by atoms with Crippen molar-refractivity contribution in [2.75, 3.05) is 22.6 Å². The summed E-state index contributed by atoms with van der Waals surface area (Å²) in [5.41, 5.74) is 6.99. The van der Waals surface area contributed by atoms with E-state index in [0.29, 0.717) is 11.7 Å². The summed E-state index contributed by atoms with van der Waals surface area (Å²) in [6.45, 7) is 4.22. The molecule has 6 heteroatoms. The number of nitrogens with zero attached hydrogens (tertiary/aromatic N) is 1. The van der Waals surface area contributed by atoms with Crippen LogP contribution in [0, 0.1) is 10.1 Å². The van der Waals surface area contributed by atoms with Crippen LogP contribution in [0.5, 0.6) is 0 Å². The summed E-state index contributed by atoms with van der Waals surface area (Å²) in [5, 5.41) is 13.9. The number of rotatable bonds is 7. The fraction of sp³-hybridized carbons (Fsp3) is 0.500. The second-order valence-electron chi connectivity index (χ2n) is 4.06. The first-order valence-corrected chi connectivity index (χ1v) is 7.08. The molecule has 0 spiro atoms. The van der Waals surface area contributed by atoms with Crippen molar-refractivity contribution in [1.82, 2.24) is 0 Å². The Balaban J connectivity index is 2.59. The molecule has 1 atom stereocenters. The lowest BCUT2D eigenvalue weighted by Gasteiger charge is -2.16. The quantitative estimate of drug-likeness (QED) is 0.344. The second kappa shape index (κ2) is 7.10. The molecule has 0 aliphatic carbocycles. The zero-order valence-corrected chi connectivity index (χ0v) is 11.5. The van der Waals surface area contributed by atoms with E-state index in [0.717, 1.165) is 23.6 Å². The van der Waals surface area contributed by atoms with Crippen molar-refractivity contribution >= 4 is 28.8 Å². The Hall–Kier alpha value is -1.43. The van der Waals surface area contributed by atoms with Crippen LogP contribution in [0.1, 0.15) is 20.3 Å². The number of anilines is 2. The Bertz CT molecular complexity index is 412. The van der Waals surface area contributed by atoms with Gasteiger partial charge >= 0.3 is 0 Å². The number of nitro benzene ring substituents is 1. The standard InChI is InChI=1S/C12H19N3O2S/c1-3-18-7-6-9(2)14-12-5-4-10(15(16)17)8-11(12)13/h4-5,8-9,14H,3,6-7,13H2,1-2H3. The van der Waals surface area contributed by atoms with Gasteiger partial charge in [-0.3, -0.25) is 10.1 Å². The molecule has 0 heterocycles. The van der Waals surface area contributed by atoms with E-state index in [1.54, 1.807) is 6.07 Å². The molecule has 18 heavy (non-hydrogen) atoms. The Labute approximate surface area is 111 Å². The molecule has 0 aliphatic rings. The molecule has 0 aromatic heterocycles. The predicted molar refractivity (Wildman–Crippen MR) is 78.2 cm³/mol. The summed E-state index contributed by atoms with van der Waals surface area (Å²) >= 11 is 1.90. The van der Waals surface area contributed by atoms with Crippen molar-refractivity contribution in [3.05, 3.63) is 28.3 Å². The van der Waals surface area contributed by atoms with Gasteiger partial charge in [-0.15, -0.1) is 0 Å². The topological polar surface area (TPSA) is 81.2 Å². The van der Waals surface area contributed by atoms with Gasteiger partial charge < -0.3 is 11.1 Å². The molecule has 0 saturated carbocycles. The molecule has 0 radical (unpaired) electrons. The summed E-state index contributed by atoms with van der Waals surface area (Å²) in [7, 11) is 0. The van der Waals surface area contributed by atoms with Gasteiger partial charge in [0.2, 0.25) is 0 Å². The second-order valence-corrected chi connectivity index (χ2v) is 5.45. The third-order valence-electron chi connectivity index (χ3n) is 2.55. The molecule has 1 rings (SSSR count). The molecular formula is C12H19N3O2S. The van der Waals surface area contributed by atoms with Crippen LogP contribution in [0.25, 0.3) is 0 Å². The van der Waals surface area contributed by atoms with E-state index in [1.807, 2.05) is 11.8 Å². The van der Waals surface area contributed by atoms with E-state index in [9.17, 15) is 10.1 Å². The molecule has 0 bridgehead atoms. The van der Waals surface area contributed by atoms with Gasteiger partial charge in [-0.2, -0.15) is 11.8 Å². The summed E-state index contributed by atoms with van der Waals surface area (Å²) in [4.78, 5) is 10.1. The van der Waals surface area contributed by atoms with E-state index in [1.165, 1.54) is 12.1 Å².